The first-order valence-electron chi connectivity index (χ1n) is 5.67. The van der Waals surface area contributed by atoms with Crippen LogP contribution in [0.15, 0.2) is 4.99 Å². The summed E-state index contributed by atoms with van der Waals surface area (Å²) in [6.45, 7) is 1.72. The van der Waals surface area contributed by atoms with E-state index in [1.54, 1.807) is 0 Å². The summed E-state index contributed by atoms with van der Waals surface area (Å²) in [5, 5.41) is 11.7. The predicted octanol–water partition coefficient (Wildman–Crippen LogP) is -3.60. The van der Waals surface area contributed by atoms with E-state index in [0.29, 0.717) is 32.5 Å². The zero-order chi connectivity index (χ0) is 16.2. The molecule has 0 aromatic rings. The minimum absolute atomic E-state index is 0.0348. The van der Waals surface area contributed by atoms with Crippen LogP contribution in [0.25, 0.3) is 0 Å². The first kappa shape index (κ1) is 21.1. The van der Waals surface area contributed by atoms with E-state index in [4.69, 9.17) is 35.8 Å². The molecular weight excluding hydrogens is 293 g/mol. The van der Waals surface area contributed by atoms with E-state index in [0.717, 1.165) is 0 Å². The molecule has 0 rings (SSSR count). The Hall–Kier alpha value is -1.23. The fourth-order valence-electron chi connectivity index (χ4n) is 1.09. The molecule has 0 aliphatic carbocycles. The van der Waals surface area contributed by atoms with Gasteiger partial charge in [-0.2, -0.15) is 0 Å². The maximum atomic E-state index is 10.8. The number of carboxylic acids is 1. The van der Waals surface area contributed by atoms with Crippen LogP contribution in [0.2, 0.25) is 0 Å². The van der Waals surface area contributed by atoms with Crippen LogP contribution in [0.5, 0.6) is 0 Å². The number of nitrogens with two attached hydrogens (primary N) is 2. The molecule has 0 fully saturated rings. The minimum Gasteiger partial charge on any atom is -0.480 e. The van der Waals surface area contributed by atoms with Crippen molar-refractivity contribution in [2.45, 2.75) is 18.9 Å². The van der Waals surface area contributed by atoms with Gasteiger partial charge in [0.25, 0.3) is 0 Å². The van der Waals surface area contributed by atoms with Crippen LogP contribution in [0.4, 0.5) is 0 Å². The van der Waals surface area contributed by atoms with Gasteiger partial charge in [-0.3, -0.25) is 15.1 Å². The van der Waals surface area contributed by atoms with Crippen LogP contribution in [-0.4, -0.2) is 57.4 Å². The second-order valence-corrected chi connectivity index (χ2v) is 4.69. The summed E-state index contributed by atoms with van der Waals surface area (Å²) in [4.78, 5) is 36.1. The smallest absolute Gasteiger partial charge is 0.466 e. The Labute approximate surface area is 116 Å². The average molecular weight is 316 g/mol. The molecule has 120 valence electrons. The number of nitrogens with one attached hydrogen (secondary N) is 1. The van der Waals surface area contributed by atoms with Crippen molar-refractivity contribution in [3.05, 3.63) is 0 Å². The number of quaternary nitrogens is 1. The van der Waals surface area contributed by atoms with Gasteiger partial charge in [-0.15, -0.1) is 0 Å². The third kappa shape index (κ3) is 22.0. The zero-order valence-electron chi connectivity index (χ0n) is 11.0. The number of aliphatic imine (C=N–C) groups is 1. The van der Waals surface area contributed by atoms with Gasteiger partial charge in [0.2, 0.25) is 0 Å². The van der Waals surface area contributed by atoms with Gasteiger partial charge in [-0.05, 0) is 12.8 Å². The highest BCUT2D eigenvalue weighted by atomic mass is 31.2. The molecular formula is C8H23N5O6P+. The summed E-state index contributed by atoms with van der Waals surface area (Å²) < 4.78 is 8.88. The molecule has 1 atom stereocenters. The molecule has 11 nitrogen and oxygen atoms in total. The van der Waals surface area contributed by atoms with Crippen molar-refractivity contribution in [1.29, 1.82) is 0 Å². The fraction of sp³-hybridized carbons (Fsp3) is 0.750. The van der Waals surface area contributed by atoms with Crippen molar-refractivity contribution >= 4 is 19.8 Å². The lowest BCUT2D eigenvalue weighted by atomic mass is 10.1. The minimum atomic E-state index is -4.64. The Bertz CT molecular complexity index is 334. The van der Waals surface area contributed by atoms with Crippen molar-refractivity contribution in [2.75, 3.05) is 19.6 Å². The molecule has 20 heavy (non-hydrogen) atoms. The van der Waals surface area contributed by atoms with Gasteiger partial charge in [0.05, 0.1) is 6.54 Å². The van der Waals surface area contributed by atoms with E-state index < -0.39 is 19.8 Å². The van der Waals surface area contributed by atoms with E-state index in [2.05, 4.69) is 16.0 Å². The standard InChI is InChI=1S/C8H19N5O2.H3O4P/c9-3-5-12-6(7(14)15)2-1-4-13-8(10)11;1-5(2,3)4/h6,12H,1-5,9H2,(H,14,15)(H4,10,11,13);(H3,1,2,3,4)/p+1/t6-;/m0./s1. The Morgan fingerprint density at radius 2 is 1.85 bits per heavy atom. The highest BCUT2D eigenvalue weighted by Crippen LogP contribution is 2.25. The molecule has 0 aliphatic rings. The molecule has 0 aromatic carbocycles. The molecule has 0 aromatic heterocycles. The maximum absolute atomic E-state index is 10.8. The molecule has 0 aliphatic heterocycles. The van der Waals surface area contributed by atoms with Crippen LogP contribution in [0.3, 0.4) is 0 Å². The summed E-state index contributed by atoms with van der Waals surface area (Å²) in [5.74, 6) is -0.819. The largest absolute Gasteiger partial charge is 0.480 e. The van der Waals surface area contributed by atoms with Gasteiger partial charge in [-0.1, -0.05) is 0 Å². The molecule has 0 spiro atoms. The number of hydrogen-bond donors (Lipinski definition) is 8. The first-order valence-corrected chi connectivity index (χ1v) is 7.23. The van der Waals surface area contributed by atoms with Gasteiger partial charge >= 0.3 is 13.8 Å². The summed E-state index contributed by atoms with van der Waals surface area (Å²) in [6.07, 6.45) is 1.14. The Morgan fingerprint density at radius 1 is 1.35 bits per heavy atom. The fourth-order valence-corrected chi connectivity index (χ4v) is 1.09. The topological polar surface area (TPSA) is 219 Å². The van der Waals surface area contributed by atoms with Crippen LogP contribution >= 0.6 is 7.82 Å². The number of carbonyl (C=O) groups is 1. The highest BCUT2D eigenvalue weighted by Gasteiger charge is 2.15. The van der Waals surface area contributed by atoms with Gasteiger partial charge in [0.1, 0.15) is 6.04 Å². The maximum Gasteiger partial charge on any atom is 0.466 e. The number of hydrogen-bond acceptors (Lipinski definition) is 4. The average Bonchev–Trinajstić information content (AvgIpc) is 2.24. The van der Waals surface area contributed by atoms with Crippen LogP contribution in [0.1, 0.15) is 12.8 Å². The Kier molecular flexibility index (Phi) is 12.2. The Balaban J connectivity index is 0. The molecule has 12 heteroatoms. The van der Waals surface area contributed by atoms with Gasteiger partial charge in [-0.25, -0.2) is 4.57 Å². The van der Waals surface area contributed by atoms with Crippen molar-refractivity contribution in [2.24, 2.45) is 16.5 Å². The third-order valence-corrected chi connectivity index (χ3v) is 1.81. The summed E-state index contributed by atoms with van der Waals surface area (Å²) >= 11 is 0. The molecule has 0 bridgehead atoms. The molecule has 0 amide bonds. The number of phosphoric acid groups is 1. The summed E-state index contributed by atoms with van der Waals surface area (Å²) in [5.41, 5.74) is 13.9. The molecule has 0 unspecified atom stereocenters. The Morgan fingerprint density at radius 3 is 2.20 bits per heavy atom. The second-order valence-electron chi connectivity index (χ2n) is 3.66. The lowest BCUT2D eigenvalue weighted by Gasteiger charge is -2.12. The second kappa shape index (κ2) is 11.6. The van der Waals surface area contributed by atoms with Crippen LogP contribution < -0.4 is 22.5 Å². The number of aliphatic carboxylic acids is 1. The molecule has 12 N–H and O–H groups in total. The van der Waals surface area contributed by atoms with E-state index in [-0.39, 0.29) is 5.96 Å². The van der Waals surface area contributed by atoms with E-state index in [9.17, 15) is 4.79 Å². The molecule has 0 heterocycles. The lowest BCUT2D eigenvalue weighted by Crippen LogP contribution is -2.56. The number of carboxylic acid groups (broad SMARTS) is 1. The van der Waals surface area contributed by atoms with Crippen molar-refractivity contribution in [3.8, 4) is 0 Å². The van der Waals surface area contributed by atoms with Crippen molar-refractivity contribution in [1.82, 2.24) is 5.32 Å². The molecule has 0 saturated heterocycles. The van der Waals surface area contributed by atoms with E-state index in [1.165, 1.54) is 0 Å². The van der Waals surface area contributed by atoms with Crippen LogP contribution in [-0.2, 0) is 9.36 Å². The number of guanidine groups is 1. The predicted molar refractivity (Wildman–Crippen MR) is 71.4 cm³/mol. The SMILES string of the molecule is NC(N)=NCCC[C@H](NCC[NH3+])C(=O)O.O=P(O)(O)O. The summed E-state index contributed by atoms with van der Waals surface area (Å²) in [7, 11) is -4.64. The van der Waals surface area contributed by atoms with E-state index in [1.807, 2.05) is 0 Å². The normalized spacial score (nSPS) is 12.0. The quantitative estimate of drug-likeness (QED) is 0.0957. The zero-order valence-corrected chi connectivity index (χ0v) is 11.9. The van der Waals surface area contributed by atoms with Crippen molar-refractivity contribution in [3.63, 3.8) is 0 Å². The number of rotatable bonds is 8. The first-order chi connectivity index (χ1) is 9.07. The van der Waals surface area contributed by atoms with Gasteiger partial charge in [0.15, 0.2) is 5.96 Å². The van der Waals surface area contributed by atoms with Crippen LogP contribution in [0, 0.1) is 0 Å². The molecule has 0 radical (unpaired) electrons. The van der Waals surface area contributed by atoms with Crippen molar-refractivity contribution < 1.29 is 34.9 Å². The highest BCUT2D eigenvalue weighted by molar-refractivity contribution is 7.45. The van der Waals surface area contributed by atoms with Gasteiger partial charge < -0.3 is 37.0 Å². The monoisotopic (exact) mass is 316 g/mol. The molecule has 0 saturated carbocycles. The number of nitrogens with zero attached hydrogens (tertiary/aromatic N) is 1. The lowest BCUT2D eigenvalue weighted by molar-refractivity contribution is -0.365. The third-order valence-electron chi connectivity index (χ3n) is 1.81. The van der Waals surface area contributed by atoms with E-state index >= 15 is 0 Å². The van der Waals surface area contributed by atoms with Gasteiger partial charge in [0, 0.05) is 13.1 Å². The summed E-state index contributed by atoms with van der Waals surface area (Å²) in [6, 6.07) is -0.541.